The molecule has 0 saturated carbocycles. The van der Waals surface area contributed by atoms with E-state index in [-0.39, 0.29) is 0 Å². The topological polar surface area (TPSA) is 66.4 Å². The molecule has 0 aromatic heterocycles. The van der Waals surface area contributed by atoms with E-state index >= 15 is 0 Å². The predicted octanol–water partition coefficient (Wildman–Crippen LogP) is 0.256. The van der Waals surface area contributed by atoms with Gasteiger partial charge < -0.3 is 0 Å². The molecule has 0 rings (SSSR count). The molecule has 0 aromatic rings. The van der Waals surface area contributed by atoms with Gasteiger partial charge in [0.25, 0.3) is 0 Å². The maximum absolute atomic E-state index is 10.1. The average Bonchev–Trinajstić information content (AvgIpc) is 1.57. The summed E-state index contributed by atoms with van der Waals surface area (Å²) >= 11 is 0. The molecular weight excluding hydrogens is 170 g/mol. The molecule has 0 spiro atoms. The molecule has 2 N–H and O–H groups in total. The standard InChI is InChI=1S/C4H13NO3SSi/c1-10(2,3)4-5-9(6,7)8/h5H,4H2,1-3H3,(H,6,7,8). The van der Waals surface area contributed by atoms with E-state index in [1.807, 2.05) is 19.6 Å². The quantitative estimate of drug-likeness (QED) is 0.487. The first-order chi connectivity index (χ1) is 4.21. The molecule has 0 saturated heterocycles. The van der Waals surface area contributed by atoms with Crippen molar-refractivity contribution in [3.63, 3.8) is 0 Å². The molecule has 0 aromatic carbocycles. The van der Waals surface area contributed by atoms with E-state index in [2.05, 4.69) is 4.72 Å². The fourth-order valence-corrected chi connectivity index (χ4v) is 2.77. The first-order valence-corrected chi connectivity index (χ1v) is 8.07. The second-order valence-electron chi connectivity index (χ2n) is 3.36. The second-order valence-corrected chi connectivity index (χ2v) is 10.1. The number of rotatable bonds is 3. The zero-order valence-corrected chi connectivity index (χ0v) is 8.20. The smallest absolute Gasteiger partial charge is 0.273 e. The Morgan fingerprint density at radius 1 is 1.40 bits per heavy atom. The summed E-state index contributed by atoms with van der Waals surface area (Å²) in [6, 6.07) is 0. The third-order valence-corrected chi connectivity index (χ3v) is 2.79. The molecule has 0 bridgehead atoms. The van der Waals surface area contributed by atoms with E-state index in [9.17, 15) is 8.42 Å². The van der Waals surface area contributed by atoms with Crippen LogP contribution in [0, 0.1) is 0 Å². The Morgan fingerprint density at radius 3 is 1.90 bits per heavy atom. The van der Waals surface area contributed by atoms with Crippen molar-refractivity contribution in [2.45, 2.75) is 19.6 Å². The van der Waals surface area contributed by atoms with Crippen LogP contribution in [0.4, 0.5) is 0 Å². The highest BCUT2D eigenvalue weighted by atomic mass is 32.2. The summed E-state index contributed by atoms with van der Waals surface area (Å²) in [6.07, 6.45) is 0.381. The van der Waals surface area contributed by atoms with E-state index in [4.69, 9.17) is 4.55 Å². The lowest BCUT2D eigenvalue weighted by Crippen LogP contribution is -2.39. The van der Waals surface area contributed by atoms with Crippen LogP contribution in [0.15, 0.2) is 0 Å². The summed E-state index contributed by atoms with van der Waals surface area (Å²) < 4.78 is 30.6. The third-order valence-electron chi connectivity index (χ3n) is 0.785. The highest BCUT2D eigenvalue weighted by Gasteiger charge is 2.15. The lowest BCUT2D eigenvalue weighted by atomic mass is 11.5. The Hall–Kier alpha value is 0.0869. The van der Waals surface area contributed by atoms with Crippen molar-refractivity contribution in [2.75, 3.05) is 6.17 Å². The molecule has 0 unspecified atom stereocenters. The van der Waals surface area contributed by atoms with Crippen LogP contribution in [0.3, 0.4) is 0 Å². The van der Waals surface area contributed by atoms with Crippen LogP contribution in [-0.2, 0) is 10.3 Å². The van der Waals surface area contributed by atoms with Gasteiger partial charge in [-0.15, -0.1) is 0 Å². The molecule has 6 heteroatoms. The zero-order chi connectivity index (χ0) is 8.41. The minimum Gasteiger partial charge on any atom is -0.273 e. The van der Waals surface area contributed by atoms with Gasteiger partial charge >= 0.3 is 10.3 Å². The number of nitrogens with one attached hydrogen (secondary N) is 1. The van der Waals surface area contributed by atoms with Crippen LogP contribution in [0.5, 0.6) is 0 Å². The minimum atomic E-state index is -3.97. The lowest BCUT2D eigenvalue weighted by molar-refractivity contribution is 0.472. The van der Waals surface area contributed by atoms with Crippen molar-refractivity contribution in [3.05, 3.63) is 0 Å². The first-order valence-electron chi connectivity index (χ1n) is 2.93. The molecule has 0 heterocycles. The highest BCUT2D eigenvalue weighted by molar-refractivity contribution is 7.83. The van der Waals surface area contributed by atoms with E-state index in [1.54, 1.807) is 0 Å². The molecule has 0 aliphatic carbocycles. The largest absolute Gasteiger partial charge is 0.333 e. The summed E-state index contributed by atoms with van der Waals surface area (Å²) in [4.78, 5) is 0. The van der Waals surface area contributed by atoms with E-state index < -0.39 is 18.4 Å². The normalized spacial score (nSPS) is 13.6. The molecule has 10 heavy (non-hydrogen) atoms. The summed E-state index contributed by atoms with van der Waals surface area (Å²) in [5.74, 6) is 0. The number of hydrogen-bond acceptors (Lipinski definition) is 2. The molecule has 0 radical (unpaired) electrons. The first kappa shape index (κ1) is 10.1. The zero-order valence-electron chi connectivity index (χ0n) is 6.38. The van der Waals surface area contributed by atoms with Crippen molar-refractivity contribution >= 4 is 18.4 Å². The van der Waals surface area contributed by atoms with Crippen LogP contribution >= 0.6 is 0 Å². The minimum absolute atomic E-state index is 0.381. The van der Waals surface area contributed by atoms with Gasteiger partial charge in [0.1, 0.15) is 0 Å². The van der Waals surface area contributed by atoms with E-state index in [0.29, 0.717) is 6.17 Å². The summed E-state index contributed by atoms with van der Waals surface area (Å²) in [6.45, 7) is 6.02. The number of hydrogen-bond donors (Lipinski definition) is 2. The van der Waals surface area contributed by atoms with Crippen LogP contribution < -0.4 is 4.72 Å². The Kier molecular flexibility index (Phi) is 3.02. The molecule has 0 amide bonds. The molecule has 4 nitrogen and oxygen atoms in total. The average molecular weight is 183 g/mol. The van der Waals surface area contributed by atoms with Crippen LogP contribution in [-0.4, -0.2) is 27.2 Å². The Bertz CT molecular complexity index is 193. The van der Waals surface area contributed by atoms with Gasteiger partial charge in [-0.2, -0.15) is 13.1 Å². The van der Waals surface area contributed by atoms with E-state index in [1.165, 1.54) is 0 Å². The summed E-state index contributed by atoms with van der Waals surface area (Å²) in [5, 5.41) is 0. The fraction of sp³-hybridized carbons (Fsp3) is 1.00. The third kappa shape index (κ3) is 8.09. The second kappa shape index (κ2) is 2.99. The van der Waals surface area contributed by atoms with Gasteiger partial charge in [-0.25, -0.2) is 0 Å². The van der Waals surface area contributed by atoms with Gasteiger partial charge in [-0.05, 0) is 0 Å². The van der Waals surface area contributed by atoms with Crippen molar-refractivity contribution in [1.82, 2.24) is 4.72 Å². The summed E-state index contributed by atoms with van der Waals surface area (Å²) in [7, 11) is -5.39. The fourth-order valence-electron chi connectivity index (χ4n) is 0.308. The van der Waals surface area contributed by atoms with Gasteiger partial charge in [0.05, 0.1) is 8.07 Å². The van der Waals surface area contributed by atoms with Crippen molar-refractivity contribution < 1.29 is 13.0 Å². The summed E-state index contributed by atoms with van der Waals surface area (Å²) in [5.41, 5.74) is 0. The monoisotopic (exact) mass is 183 g/mol. The molecule has 0 aliphatic rings. The maximum atomic E-state index is 10.1. The Balaban J connectivity index is 3.79. The molecule has 62 valence electrons. The maximum Gasteiger partial charge on any atom is 0.333 e. The van der Waals surface area contributed by atoms with Gasteiger partial charge in [-0.1, -0.05) is 19.6 Å². The van der Waals surface area contributed by atoms with Gasteiger partial charge in [0, 0.05) is 6.17 Å². The van der Waals surface area contributed by atoms with Crippen LogP contribution in [0.1, 0.15) is 0 Å². The SMILES string of the molecule is C[Si](C)(C)CNS(=O)(=O)O. The van der Waals surface area contributed by atoms with Crippen molar-refractivity contribution in [2.24, 2.45) is 0 Å². The predicted molar refractivity (Wildman–Crippen MR) is 42.9 cm³/mol. The molecule has 0 atom stereocenters. The van der Waals surface area contributed by atoms with Crippen molar-refractivity contribution in [1.29, 1.82) is 0 Å². The molecule has 0 fully saturated rings. The highest BCUT2D eigenvalue weighted by Crippen LogP contribution is 1.97. The van der Waals surface area contributed by atoms with Crippen LogP contribution in [0.25, 0.3) is 0 Å². The Morgan fingerprint density at radius 2 is 1.80 bits per heavy atom. The van der Waals surface area contributed by atoms with E-state index in [0.717, 1.165) is 0 Å². The van der Waals surface area contributed by atoms with Crippen molar-refractivity contribution in [3.8, 4) is 0 Å². The molecule has 0 aliphatic heterocycles. The van der Waals surface area contributed by atoms with Crippen LogP contribution in [0.2, 0.25) is 19.6 Å². The lowest BCUT2D eigenvalue weighted by Gasteiger charge is -2.14. The molecular formula is C4H13NO3SSi. The van der Waals surface area contributed by atoms with Gasteiger partial charge in [0.15, 0.2) is 0 Å². The Labute approximate surface area is 62.5 Å². The van der Waals surface area contributed by atoms with Gasteiger partial charge in [-0.3, -0.25) is 4.55 Å². The van der Waals surface area contributed by atoms with Gasteiger partial charge in [0.2, 0.25) is 0 Å².